The van der Waals surface area contributed by atoms with Crippen LogP contribution in [0.5, 0.6) is 0 Å². The van der Waals surface area contributed by atoms with Crippen LogP contribution in [0.3, 0.4) is 0 Å². The van der Waals surface area contributed by atoms with Crippen molar-refractivity contribution in [3.05, 3.63) is 119 Å². The minimum atomic E-state index is -0.936. The summed E-state index contributed by atoms with van der Waals surface area (Å²) in [6.07, 6.45) is 5.45. The highest BCUT2D eigenvalue weighted by Crippen LogP contribution is 2.36. The fraction of sp³-hybridized carbons (Fsp3) is 0.242. The van der Waals surface area contributed by atoms with Crippen molar-refractivity contribution >= 4 is 29.5 Å². The number of pyridine rings is 1. The third-order valence-electron chi connectivity index (χ3n) is 7.94. The average molecular weight is 584 g/mol. The Kier molecular flexibility index (Phi) is 9.34. The molecule has 1 aliphatic heterocycles. The van der Waals surface area contributed by atoms with Crippen molar-refractivity contribution in [3.63, 3.8) is 0 Å². The zero-order valence-corrected chi connectivity index (χ0v) is 23.9. The lowest BCUT2D eigenvalue weighted by molar-refractivity contribution is -0.454. The number of amides is 1. The lowest BCUT2D eigenvalue weighted by Crippen LogP contribution is -2.38. The van der Waals surface area contributed by atoms with Crippen molar-refractivity contribution in [2.24, 2.45) is 11.0 Å². The number of hydrogen-bond donors (Lipinski definition) is 2. The first-order chi connectivity index (χ1) is 20.5. The van der Waals surface area contributed by atoms with Gasteiger partial charge in [0.25, 0.3) is 5.91 Å². The predicted octanol–water partition coefficient (Wildman–Crippen LogP) is 7.03. The van der Waals surface area contributed by atoms with E-state index in [2.05, 4.69) is 41.6 Å². The molecule has 3 aromatic carbocycles. The van der Waals surface area contributed by atoms with Crippen LogP contribution in [0.15, 0.2) is 96.3 Å². The fourth-order valence-electron chi connectivity index (χ4n) is 5.70. The van der Waals surface area contributed by atoms with Crippen LogP contribution in [0.2, 0.25) is 5.02 Å². The Balaban J connectivity index is 1.47. The van der Waals surface area contributed by atoms with Gasteiger partial charge >= 0.3 is 0 Å². The van der Waals surface area contributed by atoms with Crippen LogP contribution in [0.25, 0.3) is 11.1 Å². The molecule has 0 unspecified atom stereocenters. The minimum absolute atomic E-state index is 0.00514. The summed E-state index contributed by atoms with van der Waals surface area (Å²) in [5.74, 6) is -0.106. The standard InChI is InChI=1S/C33H32ClFN6O/c34-28-10-12-32(41(22-36)39-37)30(19-28)27-9-11-31(38-21-27)29(17-23-5-2-1-3-6-23)26-8-4-7-25(18-26)24-13-15-40(16-14-24)33(42)20-35/h1-12,18-19,21-22,24,29,36-37H,13-17,20H2/p+1/t29-/m0/s1. The van der Waals surface area contributed by atoms with Gasteiger partial charge in [-0.1, -0.05) is 77.8 Å². The normalized spacial score (nSPS) is 14.9. The van der Waals surface area contributed by atoms with Crippen LogP contribution in [0.1, 0.15) is 47.1 Å². The Morgan fingerprint density at radius 3 is 2.55 bits per heavy atom. The van der Waals surface area contributed by atoms with E-state index in [4.69, 9.17) is 27.8 Å². The van der Waals surface area contributed by atoms with E-state index in [-0.39, 0.29) is 5.92 Å². The molecule has 0 saturated carbocycles. The predicted molar refractivity (Wildman–Crippen MR) is 163 cm³/mol. The lowest BCUT2D eigenvalue weighted by Gasteiger charge is -2.32. The van der Waals surface area contributed by atoms with E-state index in [1.54, 1.807) is 17.0 Å². The second-order valence-electron chi connectivity index (χ2n) is 10.4. The van der Waals surface area contributed by atoms with E-state index >= 15 is 0 Å². The van der Waals surface area contributed by atoms with Crippen LogP contribution in [-0.4, -0.2) is 46.6 Å². The fourth-order valence-corrected chi connectivity index (χ4v) is 5.87. The van der Waals surface area contributed by atoms with Crippen LogP contribution in [-0.2, 0) is 11.2 Å². The third kappa shape index (κ3) is 6.55. The summed E-state index contributed by atoms with van der Waals surface area (Å²) in [6, 6.07) is 28.4. The zero-order chi connectivity index (χ0) is 29.5. The molecule has 4 aromatic rings. The molecule has 1 saturated heterocycles. The topological polar surface area (TPSA) is 98.4 Å². The van der Waals surface area contributed by atoms with Crippen LogP contribution < -0.4 is 5.73 Å². The number of rotatable bonds is 9. The summed E-state index contributed by atoms with van der Waals surface area (Å²) in [5.41, 5.74) is 19.9. The van der Waals surface area contributed by atoms with Gasteiger partial charge in [-0.05, 0) is 66.1 Å². The molecule has 7 nitrogen and oxygen atoms in total. The number of hydrogen-bond acceptors (Lipinski definition) is 4. The highest BCUT2D eigenvalue weighted by atomic mass is 35.5. The number of nitrogens with zero attached hydrogens (tertiary/aromatic N) is 4. The molecule has 0 radical (unpaired) electrons. The van der Waals surface area contributed by atoms with Crippen molar-refractivity contribution in [3.8, 4) is 11.1 Å². The Hall–Kier alpha value is -4.43. The molecule has 1 aromatic heterocycles. The molecule has 214 valence electrons. The molecule has 3 N–H and O–H groups in total. The first-order valence-electron chi connectivity index (χ1n) is 14.0. The Morgan fingerprint density at radius 2 is 1.88 bits per heavy atom. The summed E-state index contributed by atoms with van der Waals surface area (Å²) in [5, 5.41) is 4.05. The molecule has 9 heteroatoms. The van der Waals surface area contributed by atoms with Crippen molar-refractivity contribution in [2.45, 2.75) is 31.1 Å². The molecule has 2 heterocycles. The number of benzene rings is 3. The number of alkyl halides is 1. The van der Waals surface area contributed by atoms with Gasteiger partial charge in [0.05, 0.1) is 5.22 Å². The van der Waals surface area contributed by atoms with Crippen molar-refractivity contribution in [2.75, 3.05) is 19.8 Å². The molecule has 5 rings (SSSR count). The van der Waals surface area contributed by atoms with E-state index in [1.807, 2.05) is 42.6 Å². The number of carbonyl (C=O) groups excluding carboxylic acids is 1. The summed E-state index contributed by atoms with van der Waals surface area (Å²) >= 11 is 6.33. The molecule has 0 aliphatic carbocycles. The molecule has 1 atom stereocenters. The van der Waals surface area contributed by atoms with Crippen LogP contribution in [0, 0.1) is 5.53 Å². The number of nitrogens with two attached hydrogens (primary N) is 1. The summed E-state index contributed by atoms with van der Waals surface area (Å²) in [4.78, 5) is 18.4. The van der Waals surface area contributed by atoms with Gasteiger partial charge in [0.15, 0.2) is 6.67 Å². The van der Waals surface area contributed by atoms with E-state index in [9.17, 15) is 9.18 Å². The maximum atomic E-state index is 12.9. The third-order valence-corrected chi connectivity index (χ3v) is 8.17. The zero-order valence-electron chi connectivity index (χ0n) is 23.2. The lowest BCUT2D eigenvalue weighted by atomic mass is 9.84. The van der Waals surface area contributed by atoms with E-state index in [0.717, 1.165) is 36.1 Å². The van der Waals surface area contributed by atoms with Crippen molar-refractivity contribution in [1.82, 2.24) is 9.88 Å². The Morgan fingerprint density at radius 1 is 1.10 bits per heavy atom. The Bertz CT molecular complexity index is 1570. The minimum Gasteiger partial charge on any atom is -0.340 e. The molecule has 1 amide bonds. The summed E-state index contributed by atoms with van der Waals surface area (Å²) in [7, 11) is 0. The summed E-state index contributed by atoms with van der Waals surface area (Å²) < 4.78 is 14.2. The van der Waals surface area contributed by atoms with Gasteiger partial charge < -0.3 is 10.6 Å². The number of aromatic nitrogens is 1. The maximum Gasteiger partial charge on any atom is 0.253 e. The van der Waals surface area contributed by atoms with Gasteiger partial charge in [-0.25, -0.2) is 4.39 Å². The number of carbonyl (C=O) groups is 1. The van der Waals surface area contributed by atoms with Crippen molar-refractivity contribution in [1.29, 1.82) is 5.53 Å². The Labute approximate surface area is 250 Å². The molecular formula is C33H33ClFN6O+. The molecule has 1 fully saturated rings. The van der Waals surface area contributed by atoms with Gasteiger partial charge in [-0.2, -0.15) is 0 Å². The van der Waals surface area contributed by atoms with Gasteiger partial charge in [-0.3, -0.25) is 9.78 Å². The van der Waals surface area contributed by atoms with E-state index in [1.165, 1.54) is 27.7 Å². The first-order valence-corrected chi connectivity index (χ1v) is 14.3. The molecule has 1 aliphatic rings. The largest absolute Gasteiger partial charge is 0.340 e. The number of likely N-dealkylation sites (tertiary alicyclic amines) is 1. The quantitative estimate of drug-likeness (QED) is 0.0727. The number of piperidine rings is 1. The van der Waals surface area contributed by atoms with E-state index in [0.29, 0.717) is 29.7 Å². The van der Waals surface area contributed by atoms with Gasteiger partial charge in [-0.15, -0.1) is 4.68 Å². The van der Waals surface area contributed by atoms with E-state index < -0.39 is 12.6 Å². The molecular weight excluding hydrogens is 551 g/mol. The van der Waals surface area contributed by atoms with Crippen LogP contribution in [0.4, 0.5) is 10.1 Å². The number of halogens is 2. The second-order valence-corrected chi connectivity index (χ2v) is 10.9. The monoisotopic (exact) mass is 583 g/mol. The number of nitrogens with one attached hydrogen (secondary N) is 1. The summed E-state index contributed by atoms with van der Waals surface area (Å²) in [6.45, 7) is 0.216. The van der Waals surface area contributed by atoms with Gasteiger partial charge in [0, 0.05) is 47.0 Å². The highest BCUT2D eigenvalue weighted by Gasteiger charge is 2.25. The molecule has 0 spiro atoms. The molecule has 42 heavy (non-hydrogen) atoms. The van der Waals surface area contributed by atoms with Gasteiger partial charge in [0.2, 0.25) is 6.34 Å². The van der Waals surface area contributed by atoms with Crippen LogP contribution >= 0.6 is 11.6 Å². The average Bonchev–Trinajstić information content (AvgIpc) is 3.05. The smallest absolute Gasteiger partial charge is 0.253 e. The van der Waals surface area contributed by atoms with Crippen molar-refractivity contribution < 1.29 is 13.9 Å². The highest BCUT2D eigenvalue weighted by molar-refractivity contribution is 6.31. The van der Waals surface area contributed by atoms with Gasteiger partial charge in [0.1, 0.15) is 5.69 Å². The maximum absolute atomic E-state index is 12.9. The second kappa shape index (κ2) is 13.5. The SMILES string of the molecule is N=N[N+](=CN)c1ccc(Cl)cc1-c1ccc([C@@H](Cc2ccccc2)c2cccc(C3CCN(C(=O)CF)CC3)c2)nc1. The molecule has 0 bridgehead atoms. The first kappa shape index (κ1) is 29.1.